The molecule has 0 saturated carbocycles. The number of halogens is 1. The fourth-order valence-corrected chi connectivity index (χ4v) is 3.10. The summed E-state index contributed by atoms with van der Waals surface area (Å²) < 4.78 is 13.0. The third kappa shape index (κ3) is 3.47. The molecule has 1 atom stereocenters. The zero-order valence-corrected chi connectivity index (χ0v) is 13.8. The number of nitrogens with zero attached hydrogens (tertiary/aromatic N) is 1. The summed E-state index contributed by atoms with van der Waals surface area (Å²) in [5.41, 5.74) is 2.79. The van der Waals surface area contributed by atoms with Gasteiger partial charge in [-0.1, -0.05) is 6.07 Å². The van der Waals surface area contributed by atoms with E-state index in [1.165, 1.54) is 24.3 Å². The van der Waals surface area contributed by atoms with Gasteiger partial charge in [0.15, 0.2) is 0 Å². The van der Waals surface area contributed by atoms with Crippen molar-refractivity contribution in [1.82, 2.24) is 0 Å². The molecule has 2 N–H and O–H groups in total. The molecule has 1 aliphatic heterocycles. The molecule has 0 aliphatic carbocycles. The first-order valence-electron chi connectivity index (χ1n) is 8.15. The van der Waals surface area contributed by atoms with Crippen molar-refractivity contribution in [2.75, 3.05) is 16.8 Å². The largest absolute Gasteiger partial charge is 0.480 e. The van der Waals surface area contributed by atoms with Crippen LogP contribution in [-0.4, -0.2) is 29.6 Å². The third-order valence-electron chi connectivity index (χ3n) is 4.47. The van der Waals surface area contributed by atoms with Gasteiger partial charge in [-0.05, 0) is 61.7 Å². The zero-order valence-electron chi connectivity index (χ0n) is 13.8. The maximum Gasteiger partial charge on any atom is 0.326 e. The fraction of sp³-hybridized carbons (Fsp3) is 0.263. The van der Waals surface area contributed by atoms with Gasteiger partial charge >= 0.3 is 5.97 Å². The number of hydrogen-bond donors (Lipinski definition) is 2. The van der Waals surface area contributed by atoms with E-state index < -0.39 is 17.8 Å². The lowest BCUT2D eigenvalue weighted by Crippen LogP contribution is -2.42. The molecule has 0 saturated heterocycles. The minimum absolute atomic E-state index is 0.322. The van der Waals surface area contributed by atoms with Crippen LogP contribution in [0.25, 0.3) is 0 Å². The van der Waals surface area contributed by atoms with Gasteiger partial charge in [-0.2, -0.15) is 0 Å². The predicted molar refractivity (Wildman–Crippen MR) is 93.6 cm³/mol. The van der Waals surface area contributed by atoms with E-state index in [-0.39, 0.29) is 5.91 Å². The normalized spacial score (nSPS) is 14.6. The minimum Gasteiger partial charge on any atom is -0.480 e. The van der Waals surface area contributed by atoms with Crippen molar-refractivity contribution in [2.24, 2.45) is 0 Å². The number of carboxylic acids is 1. The summed E-state index contributed by atoms with van der Waals surface area (Å²) in [5.74, 6) is -1.60. The maximum atomic E-state index is 13.0. The van der Waals surface area contributed by atoms with Crippen LogP contribution in [0.3, 0.4) is 0 Å². The van der Waals surface area contributed by atoms with Crippen LogP contribution in [0.4, 0.5) is 15.8 Å². The number of amides is 1. The summed E-state index contributed by atoms with van der Waals surface area (Å²) in [5, 5.41) is 12.2. The molecule has 3 rings (SSSR count). The van der Waals surface area contributed by atoms with Crippen LogP contribution in [-0.2, 0) is 11.2 Å². The highest BCUT2D eigenvalue weighted by atomic mass is 19.1. The van der Waals surface area contributed by atoms with Crippen molar-refractivity contribution in [3.8, 4) is 0 Å². The van der Waals surface area contributed by atoms with Gasteiger partial charge in [-0.3, -0.25) is 4.79 Å². The second-order valence-electron chi connectivity index (χ2n) is 6.08. The molecular formula is C19H19FN2O3. The van der Waals surface area contributed by atoms with Crippen molar-refractivity contribution in [2.45, 2.75) is 25.8 Å². The van der Waals surface area contributed by atoms with Crippen LogP contribution >= 0.6 is 0 Å². The van der Waals surface area contributed by atoms with E-state index in [1.54, 1.807) is 19.1 Å². The Labute approximate surface area is 145 Å². The Morgan fingerprint density at radius 2 is 1.92 bits per heavy atom. The van der Waals surface area contributed by atoms with Gasteiger partial charge in [-0.15, -0.1) is 0 Å². The predicted octanol–water partition coefficient (Wildman–Crippen LogP) is 3.30. The lowest BCUT2D eigenvalue weighted by Gasteiger charge is -2.35. The number of aliphatic carboxylic acids is 1. The molecule has 0 aromatic heterocycles. The number of carbonyl (C=O) groups is 2. The first-order chi connectivity index (χ1) is 12.0. The molecule has 0 spiro atoms. The minimum atomic E-state index is -0.881. The Morgan fingerprint density at radius 3 is 2.60 bits per heavy atom. The number of anilines is 2. The van der Waals surface area contributed by atoms with Crippen LogP contribution in [0.1, 0.15) is 29.3 Å². The Morgan fingerprint density at radius 1 is 1.20 bits per heavy atom. The van der Waals surface area contributed by atoms with E-state index in [4.69, 9.17) is 0 Å². The van der Waals surface area contributed by atoms with Crippen molar-refractivity contribution in [3.63, 3.8) is 0 Å². The number of fused-ring (bicyclic) bond motifs is 1. The zero-order chi connectivity index (χ0) is 18.0. The Bertz CT molecular complexity index is 805. The van der Waals surface area contributed by atoms with Crippen LogP contribution in [0, 0.1) is 5.82 Å². The molecule has 0 radical (unpaired) electrons. The Balaban J connectivity index is 1.88. The number of nitrogens with one attached hydrogen (secondary N) is 1. The SMILES string of the molecule is CC(C(=O)O)N1CCCc2c(NC(=O)c3ccc(F)cc3)cccc21. The summed E-state index contributed by atoms with van der Waals surface area (Å²) in [6.45, 7) is 2.32. The average molecular weight is 342 g/mol. The van der Waals surface area contributed by atoms with Gasteiger partial charge in [0.05, 0.1) is 0 Å². The lowest BCUT2D eigenvalue weighted by atomic mass is 9.98. The van der Waals surface area contributed by atoms with E-state index in [0.717, 1.165) is 24.1 Å². The molecular weight excluding hydrogens is 323 g/mol. The molecule has 1 aliphatic rings. The molecule has 1 unspecified atom stereocenters. The van der Waals surface area contributed by atoms with Crippen LogP contribution in [0.15, 0.2) is 42.5 Å². The highest BCUT2D eigenvalue weighted by Crippen LogP contribution is 2.34. The van der Waals surface area contributed by atoms with Crippen LogP contribution < -0.4 is 10.2 Å². The number of carbonyl (C=O) groups excluding carboxylic acids is 1. The van der Waals surface area contributed by atoms with E-state index in [1.807, 2.05) is 11.0 Å². The molecule has 130 valence electrons. The molecule has 25 heavy (non-hydrogen) atoms. The summed E-state index contributed by atoms with van der Waals surface area (Å²) in [7, 11) is 0. The second-order valence-corrected chi connectivity index (χ2v) is 6.08. The van der Waals surface area contributed by atoms with Gasteiger partial charge in [0, 0.05) is 23.5 Å². The van der Waals surface area contributed by atoms with Crippen molar-refractivity contribution in [3.05, 3.63) is 59.4 Å². The molecule has 5 nitrogen and oxygen atoms in total. The van der Waals surface area contributed by atoms with E-state index in [2.05, 4.69) is 5.32 Å². The van der Waals surface area contributed by atoms with Crippen LogP contribution in [0.2, 0.25) is 0 Å². The summed E-state index contributed by atoms with van der Waals surface area (Å²) in [6, 6.07) is 10.2. The molecule has 0 fully saturated rings. The van der Waals surface area contributed by atoms with Gasteiger partial charge < -0.3 is 15.3 Å². The molecule has 1 amide bonds. The van der Waals surface area contributed by atoms with Crippen molar-refractivity contribution in [1.29, 1.82) is 0 Å². The summed E-state index contributed by atoms with van der Waals surface area (Å²) in [6.07, 6.45) is 1.58. The van der Waals surface area contributed by atoms with Gasteiger partial charge in [0.2, 0.25) is 0 Å². The second kappa shape index (κ2) is 6.93. The first-order valence-corrected chi connectivity index (χ1v) is 8.15. The van der Waals surface area contributed by atoms with Gasteiger partial charge in [-0.25, -0.2) is 9.18 Å². The number of carboxylic acid groups (broad SMARTS) is 1. The Hall–Kier alpha value is -2.89. The highest BCUT2D eigenvalue weighted by Gasteiger charge is 2.27. The van der Waals surface area contributed by atoms with Crippen molar-refractivity contribution < 1.29 is 19.1 Å². The van der Waals surface area contributed by atoms with Crippen molar-refractivity contribution >= 4 is 23.3 Å². The van der Waals surface area contributed by atoms with Crippen LogP contribution in [0.5, 0.6) is 0 Å². The quantitative estimate of drug-likeness (QED) is 0.894. The fourth-order valence-electron chi connectivity index (χ4n) is 3.10. The van der Waals surface area contributed by atoms with Gasteiger partial charge in [0.25, 0.3) is 5.91 Å². The first kappa shape index (κ1) is 17.0. The number of rotatable bonds is 4. The molecule has 2 aromatic carbocycles. The number of benzene rings is 2. The molecule has 0 bridgehead atoms. The smallest absolute Gasteiger partial charge is 0.326 e. The number of hydrogen-bond acceptors (Lipinski definition) is 3. The summed E-state index contributed by atoms with van der Waals surface area (Å²) >= 11 is 0. The molecule has 6 heteroatoms. The van der Waals surface area contributed by atoms with E-state index >= 15 is 0 Å². The Kier molecular flexibility index (Phi) is 4.70. The van der Waals surface area contributed by atoms with E-state index in [0.29, 0.717) is 17.8 Å². The van der Waals surface area contributed by atoms with E-state index in [9.17, 15) is 19.1 Å². The van der Waals surface area contributed by atoms with Gasteiger partial charge in [0.1, 0.15) is 11.9 Å². The highest BCUT2D eigenvalue weighted by molar-refractivity contribution is 6.05. The monoisotopic (exact) mass is 342 g/mol. The molecule has 1 heterocycles. The average Bonchev–Trinajstić information content (AvgIpc) is 2.61. The molecule has 2 aromatic rings. The maximum absolute atomic E-state index is 13.0. The summed E-state index contributed by atoms with van der Waals surface area (Å²) in [4.78, 5) is 25.6. The third-order valence-corrected chi connectivity index (χ3v) is 4.47. The topological polar surface area (TPSA) is 69.6 Å². The standard InChI is InChI=1S/C19H19FN2O3/c1-12(19(24)25)22-11-3-4-15-16(5-2-6-17(15)22)21-18(23)13-7-9-14(20)10-8-13/h2,5-10,12H,3-4,11H2,1H3,(H,21,23)(H,24,25). The lowest BCUT2D eigenvalue weighted by molar-refractivity contribution is -0.138.